The molecule has 0 bridgehead atoms. The molecule has 0 saturated carbocycles. The van der Waals surface area contributed by atoms with Crippen LogP contribution in [0.3, 0.4) is 0 Å². The zero-order valence-electron chi connectivity index (χ0n) is 9.48. The van der Waals surface area contributed by atoms with Crippen molar-refractivity contribution in [3.05, 3.63) is 47.1 Å². The highest BCUT2D eigenvalue weighted by Gasteiger charge is 2.11. The average Bonchev–Trinajstić information content (AvgIpc) is 2.27. The Morgan fingerprint density at radius 1 is 1.24 bits per heavy atom. The molecule has 0 unspecified atom stereocenters. The van der Waals surface area contributed by atoms with Crippen molar-refractivity contribution in [3.63, 3.8) is 0 Å². The summed E-state index contributed by atoms with van der Waals surface area (Å²) in [6.07, 6.45) is 0. The van der Waals surface area contributed by atoms with E-state index in [0.29, 0.717) is 22.5 Å². The van der Waals surface area contributed by atoms with E-state index in [9.17, 15) is 4.39 Å². The van der Waals surface area contributed by atoms with Gasteiger partial charge in [0.25, 0.3) is 0 Å². The summed E-state index contributed by atoms with van der Waals surface area (Å²) in [5.41, 5.74) is 0.446. The lowest BCUT2D eigenvalue weighted by molar-refractivity contribution is 0.627. The fraction of sp³-hybridized carbons (Fsp3) is 0.167. The van der Waals surface area contributed by atoms with E-state index in [1.54, 1.807) is 43.1 Å². The Morgan fingerprint density at radius 2 is 1.94 bits per heavy atom. The molecule has 5 heteroatoms. The third-order valence-electron chi connectivity index (χ3n) is 2.35. The van der Waals surface area contributed by atoms with Gasteiger partial charge in [0.2, 0.25) is 0 Å². The molecule has 0 aliphatic carbocycles. The first-order chi connectivity index (χ1) is 8.08. The maximum absolute atomic E-state index is 13.6. The van der Waals surface area contributed by atoms with E-state index in [2.05, 4.69) is 9.97 Å². The quantitative estimate of drug-likeness (QED) is 0.767. The minimum absolute atomic E-state index is 0.303. The molecule has 88 valence electrons. The molecule has 0 aliphatic rings. The van der Waals surface area contributed by atoms with Crippen LogP contribution in [0.15, 0.2) is 30.3 Å². The fourth-order valence-corrected chi connectivity index (χ4v) is 1.76. The highest BCUT2D eigenvalue weighted by molar-refractivity contribution is 6.29. The highest BCUT2D eigenvalue weighted by atomic mass is 35.5. The lowest BCUT2D eigenvalue weighted by atomic mass is 10.3. The first-order valence-electron chi connectivity index (χ1n) is 5.07. The molecule has 3 nitrogen and oxygen atoms in total. The van der Waals surface area contributed by atoms with Crippen molar-refractivity contribution in [1.29, 1.82) is 0 Å². The monoisotopic (exact) mass is 251 g/mol. The summed E-state index contributed by atoms with van der Waals surface area (Å²) in [5.74, 6) is 0.811. The molecule has 17 heavy (non-hydrogen) atoms. The van der Waals surface area contributed by atoms with Gasteiger partial charge in [0.15, 0.2) is 0 Å². The number of hydrogen-bond donors (Lipinski definition) is 0. The summed E-state index contributed by atoms with van der Waals surface area (Å²) < 4.78 is 13.6. The van der Waals surface area contributed by atoms with E-state index in [1.807, 2.05) is 0 Å². The van der Waals surface area contributed by atoms with Gasteiger partial charge in [-0.1, -0.05) is 23.7 Å². The average molecular weight is 252 g/mol. The molecule has 2 aromatic rings. The molecule has 0 saturated heterocycles. The van der Waals surface area contributed by atoms with Crippen molar-refractivity contribution in [3.8, 4) is 0 Å². The third kappa shape index (κ3) is 2.53. The van der Waals surface area contributed by atoms with Gasteiger partial charge in [-0.05, 0) is 19.1 Å². The van der Waals surface area contributed by atoms with Gasteiger partial charge in [-0.3, -0.25) is 0 Å². The summed E-state index contributed by atoms with van der Waals surface area (Å²) >= 11 is 5.85. The Hall–Kier alpha value is -1.68. The number of para-hydroxylation sites is 1. The van der Waals surface area contributed by atoms with Gasteiger partial charge >= 0.3 is 0 Å². The van der Waals surface area contributed by atoms with Crippen LogP contribution in [0.5, 0.6) is 0 Å². The van der Waals surface area contributed by atoms with Crippen molar-refractivity contribution in [1.82, 2.24) is 9.97 Å². The topological polar surface area (TPSA) is 29.0 Å². The van der Waals surface area contributed by atoms with Gasteiger partial charge in [0.05, 0.1) is 5.69 Å². The molecule has 0 N–H and O–H groups in total. The van der Waals surface area contributed by atoms with Gasteiger partial charge in [-0.15, -0.1) is 0 Å². The Kier molecular flexibility index (Phi) is 3.24. The van der Waals surface area contributed by atoms with Crippen molar-refractivity contribution < 1.29 is 4.39 Å². The number of rotatable bonds is 2. The molecular weight excluding hydrogens is 241 g/mol. The Bertz CT molecular complexity index is 525. The van der Waals surface area contributed by atoms with E-state index in [1.165, 1.54) is 6.07 Å². The Morgan fingerprint density at radius 3 is 2.59 bits per heavy atom. The van der Waals surface area contributed by atoms with Crippen LogP contribution < -0.4 is 4.90 Å². The number of aromatic nitrogens is 2. The molecule has 1 heterocycles. The summed E-state index contributed by atoms with van der Waals surface area (Å²) in [6.45, 7) is 1.74. The summed E-state index contributed by atoms with van der Waals surface area (Å²) in [5, 5.41) is 0.343. The van der Waals surface area contributed by atoms with Crippen LogP contribution >= 0.6 is 11.6 Å². The van der Waals surface area contributed by atoms with Crippen LogP contribution in [0.4, 0.5) is 15.9 Å². The largest absolute Gasteiger partial charge is 0.327 e. The molecule has 2 rings (SSSR count). The molecule has 0 amide bonds. The van der Waals surface area contributed by atoms with Crippen LogP contribution in [0.2, 0.25) is 5.15 Å². The number of halogens is 2. The lowest BCUT2D eigenvalue weighted by Gasteiger charge is -2.19. The van der Waals surface area contributed by atoms with Gasteiger partial charge in [0.1, 0.15) is 22.6 Å². The Labute approximate surface area is 104 Å². The minimum Gasteiger partial charge on any atom is -0.327 e. The zero-order chi connectivity index (χ0) is 12.4. The lowest BCUT2D eigenvalue weighted by Crippen LogP contribution is -2.13. The minimum atomic E-state index is -0.303. The number of hydrogen-bond acceptors (Lipinski definition) is 3. The van der Waals surface area contributed by atoms with Crippen LogP contribution in [-0.4, -0.2) is 17.0 Å². The van der Waals surface area contributed by atoms with Crippen molar-refractivity contribution in [2.75, 3.05) is 11.9 Å². The predicted octanol–water partition coefficient (Wildman–Crippen LogP) is 3.35. The van der Waals surface area contributed by atoms with Crippen molar-refractivity contribution in [2.45, 2.75) is 6.92 Å². The number of nitrogens with zero attached hydrogens (tertiary/aromatic N) is 3. The molecule has 0 radical (unpaired) electrons. The number of anilines is 2. The predicted molar refractivity (Wildman–Crippen MR) is 66.2 cm³/mol. The Balaban J connectivity index is 2.43. The molecule has 1 aromatic carbocycles. The van der Waals surface area contributed by atoms with Crippen LogP contribution in [0, 0.1) is 12.7 Å². The number of aryl methyl sites for hydroxylation is 1. The second-order valence-electron chi connectivity index (χ2n) is 3.61. The summed E-state index contributed by atoms with van der Waals surface area (Å²) in [7, 11) is 1.73. The zero-order valence-corrected chi connectivity index (χ0v) is 10.2. The second-order valence-corrected chi connectivity index (χ2v) is 3.99. The normalized spacial score (nSPS) is 10.4. The van der Waals surface area contributed by atoms with E-state index >= 15 is 0 Å². The first-order valence-corrected chi connectivity index (χ1v) is 5.45. The van der Waals surface area contributed by atoms with Crippen LogP contribution in [-0.2, 0) is 0 Å². The fourth-order valence-electron chi connectivity index (χ4n) is 1.54. The highest BCUT2D eigenvalue weighted by Crippen LogP contribution is 2.25. The molecule has 0 fully saturated rings. The standard InChI is InChI=1S/C12H11ClFN3/c1-8-15-11(13)7-12(16-8)17(2)10-6-4-3-5-9(10)14/h3-7H,1-2H3. The maximum atomic E-state index is 13.6. The van der Waals surface area contributed by atoms with Gasteiger partial charge < -0.3 is 4.90 Å². The number of benzene rings is 1. The second kappa shape index (κ2) is 4.67. The smallest absolute Gasteiger partial charge is 0.146 e. The summed E-state index contributed by atoms with van der Waals surface area (Å²) in [4.78, 5) is 9.82. The molecule has 0 atom stereocenters. The van der Waals surface area contributed by atoms with Crippen molar-refractivity contribution >= 4 is 23.1 Å². The molecule has 1 aromatic heterocycles. The van der Waals surface area contributed by atoms with Gasteiger partial charge in [-0.25, -0.2) is 14.4 Å². The first kappa shape index (κ1) is 11.8. The summed E-state index contributed by atoms with van der Waals surface area (Å²) in [6, 6.07) is 8.10. The maximum Gasteiger partial charge on any atom is 0.146 e. The van der Waals surface area contributed by atoms with Crippen molar-refractivity contribution in [2.24, 2.45) is 0 Å². The van der Waals surface area contributed by atoms with E-state index < -0.39 is 0 Å². The molecule has 0 aliphatic heterocycles. The van der Waals surface area contributed by atoms with E-state index in [0.717, 1.165) is 0 Å². The van der Waals surface area contributed by atoms with Crippen LogP contribution in [0.1, 0.15) is 5.82 Å². The van der Waals surface area contributed by atoms with E-state index in [-0.39, 0.29) is 5.82 Å². The van der Waals surface area contributed by atoms with Crippen LogP contribution in [0.25, 0.3) is 0 Å². The van der Waals surface area contributed by atoms with E-state index in [4.69, 9.17) is 11.6 Å². The van der Waals surface area contributed by atoms with Gasteiger partial charge in [-0.2, -0.15) is 0 Å². The van der Waals surface area contributed by atoms with Gasteiger partial charge in [0, 0.05) is 13.1 Å². The third-order valence-corrected chi connectivity index (χ3v) is 2.54. The molecule has 0 spiro atoms. The molecular formula is C12H11ClFN3. The SMILES string of the molecule is Cc1nc(Cl)cc(N(C)c2ccccc2F)n1.